The number of ether oxygens (including phenoxy) is 2. The van der Waals surface area contributed by atoms with E-state index >= 15 is 13.2 Å². The van der Waals surface area contributed by atoms with Gasteiger partial charge in [-0.15, -0.1) is 10.2 Å². The summed E-state index contributed by atoms with van der Waals surface area (Å²) in [5, 5.41) is 33.1. The minimum absolute atomic E-state index is 0.0277. The summed E-state index contributed by atoms with van der Waals surface area (Å²) in [4.78, 5) is 18.0. The zero-order chi connectivity index (χ0) is 32.9. The van der Waals surface area contributed by atoms with Gasteiger partial charge in [0.05, 0.1) is 19.3 Å². The summed E-state index contributed by atoms with van der Waals surface area (Å²) in [5.74, 6) is -1.64. The summed E-state index contributed by atoms with van der Waals surface area (Å²) in [6.07, 6.45) is 2.42. The van der Waals surface area contributed by atoms with Gasteiger partial charge in [-0.05, 0) is 61.2 Å². The first-order chi connectivity index (χ1) is 21.9. The Bertz CT molecular complexity index is 1780. The molecule has 3 aliphatic rings. The molecule has 3 aromatic rings. The molecule has 0 spiro atoms. The third-order valence-corrected chi connectivity index (χ3v) is 8.42. The minimum atomic E-state index is -4.91. The number of carbonyl (C=O) groups excluding carboxylic acids is 1. The van der Waals surface area contributed by atoms with Crippen molar-refractivity contribution >= 4 is 11.6 Å². The number of alkyl halides is 3. The summed E-state index contributed by atoms with van der Waals surface area (Å²) >= 11 is 0. The summed E-state index contributed by atoms with van der Waals surface area (Å²) in [5.41, 5.74) is -4.31. The molecule has 0 unspecified atom stereocenters. The van der Waals surface area contributed by atoms with Crippen LogP contribution in [-0.4, -0.2) is 70.0 Å². The fourth-order valence-corrected chi connectivity index (χ4v) is 5.78. The molecule has 1 aliphatic heterocycles. The van der Waals surface area contributed by atoms with Crippen molar-refractivity contribution in [3.63, 3.8) is 0 Å². The largest absolute Gasteiger partial charge is 0.494 e. The SMILES string of the molecule is CN/C=C1/C=C(C(=O)NC[C@](O)(c2cc3c(c(-c4ccc(F)cc4)n2)OC[C@@]3(n2cnnc2)C(F)(F)F)C2CC2)C=C(OC)C1=N. The molecule has 0 bridgehead atoms. The van der Waals surface area contributed by atoms with E-state index in [1.54, 1.807) is 7.05 Å². The molecule has 3 heterocycles. The Hall–Kier alpha value is -5.05. The van der Waals surface area contributed by atoms with Crippen molar-refractivity contribution < 1.29 is 36.9 Å². The minimum Gasteiger partial charge on any atom is -0.494 e. The highest BCUT2D eigenvalue weighted by Crippen LogP contribution is 2.54. The van der Waals surface area contributed by atoms with Gasteiger partial charge in [-0.1, -0.05) is 0 Å². The molecule has 4 N–H and O–H groups in total. The summed E-state index contributed by atoms with van der Waals surface area (Å²) in [6, 6.07) is 6.17. The topological polar surface area (TPSA) is 147 Å². The third kappa shape index (κ3) is 5.09. The van der Waals surface area contributed by atoms with Crippen LogP contribution in [0.2, 0.25) is 0 Å². The van der Waals surface area contributed by atoms with Gasteiger partial charge in [-0.25, -0.2) is 9.37 Å². The molecule has 2 aliphatic carbocycles. The van der Waals surface area contributed by atoms with Crippen LogP contribution >= 0.6 is 0 Å². The highest BCUT2D eigenvalue weighted by atomic mass is 19.4. The van der Waals surface area contributed by atoms with Crippen molar-refractivity contribution in [2.45, 2.75) is 30.2 Å². The Morgan fingerprint density at radius 2 is 1.91 bits per heavy atom. The predicted molar refractivity (Wildman–Crippen MR) is 156 cm³/mol. The van der Waals surface area contributed by atoms with Crippen molar-refractivity contribution in [3.05, 3.63) is 95.3 Å². The molecule has 1 aromatic carbocycles. The van der Waals surface area contributed by atoms with Gasteiger partial charge in [-0.3, -0.25) is 14.8 Å². The zero-order valence-electron chi connectivity index (χ0n) is 24.7. The van der Waals surface area contributed by atoms with Crippen LogP contribution in [0.4, 0.5) is 17.6 Å². The number of halogens is 4. The molecule has 11 nitrogen and oxygen atoms in total. The summed E-state index contributed by atoms with van der Waals surface area (Å²) in [6.45, 7) is -1.25. The molecule has 6 rings (SSSR count). The van der Waals surface area contributed by atoms with Crippen LogP contribution in [0.25, 0.3) is 11.3 Å². The molecule has 15 heteroatoms. The maximum atomic E-state index is 15.1. The van der Waals surface area contributed by atoms with Crippen LogP contribution in [0, 0.1) is 17.1 Å². The van der Waals surface area contributed by atoms with Crippen LogP contribution in [-0.2, 0) is 20.7 Å². The summed E-state index contributed by atoms with van der Waals surface area (Å²) < 4.78 is 70.9. The standard InChI is InChI=1S/C31H29F4N7O4/c1-37-12-19-9-18(10-23(45-2)25(19)36)28(43)38-13-29(44,20-5-6-20)24-11-22-27(26(41-24)17-3-7-21(32)8-4-17)46-14-30(22,31(33,34)35)42-15-39-40-16-42/h3-4,7-12,15-16,20,36-37,44H,5-6,13-14H2,1-2H3,(H,38,43)/b19-12-,36-25?/t29-,30+/m1/s1. The number of aromatic nitrogens is 4. The number of hydrogen-bond acceptors (Lipinski definition) is 9. The molecular weight excluding hydrogens is 610 g/mol. The lowest BCUT2D eigenvalue weighted by atomic mass is 9.85. The van der Waals surface area contributed by atoms with Gasteiger partial charge in [0.15, 0.2) is 5.75 Å². The quantitative estimate of drug-likeness (QED) is 0.260. The van der Waals surface area contributed by atoms with Gasteiger partial charge in [0.1, 0.15) is 47.8 Å². The first-order valence-corrected chi connectivity index (χ1v) is 14.2. The number of amides is 1. The van der Waals surface area contributed by atoms with Gasteiger partial charge in [0.25, 0.3) is 5.91 Å². The number of methoxy groups -OCH3 is 1. The number of fused-ring (bicyclic) bond motifs is 1. The number of hydrogen-bond donors (Lipinski definition) is 4. The first-order valence-electron chi connectivity index (χ1n) is 14.2. The summed E-state index contributed by atoms with van der Waals surface area (Å²) in [7, 11) is 3.01. The van der Waals surface area contributed by atoms with Crippen LogP contribution in [0.5, 0.6) is 5.75 Å². The third-order valence-electron chi connectivity index (χ3n) is 8.42. The Morgan fingerprint density at radius 1 is 1.22 bits per heavy atom. The molecule has 2 atom stereocenters. The van der Waals surface area contributed by atoms with E-state index in [-0.39, 0.29) is 45.3 Å². The number of rotatable bonds is 9. The normalized spacial score (nSPS) is 21.5. The molecule has 240 valence electrons. The number of nitrogens with zero attached hydrogens (tertiary/aromatic N) is 4. The van der Waals surface area contributed by atoms with E-state index in [2.05, 4.69) is 25.8 Å². The maximum absolute atomic E-state index is 15.1. The fraction of sp³-hybridized carbons (Fsp3) is 0.323. The lowest BCUT2D eigenvalue weighted by molar-refractivity contribution is -0.202. The predicted octanol–water partition coefficient (Wildman–Crippen LogP) is 3.48. The monoisotopic (exact) mass is 639 g/mol. The Morgan fingerprint density at radius 3 is 2.52 bits per heavy atom. The average Bonchev–Trinajstić information content (AvgIpc) is 3.60. The van der Waals surface area contributed by atoms with Crippen LogP contribution in [0.3, 0.4) is 0 Å². The molecule has 0 saturated heterocycles. The van der Waals surface area contributed by atoms with Gasteiger partial charge < -0.3 is 25.2 Å². The second-order valence-electron chi connectivity index (χ2n) is 11.2. The maximum Gasteiger partial charge on any atom is 0.419 e. The van der Waals surface area contributed by atoms with E-state index in [0.29, 0.717) is 18.4 Å². The number of pyridine rings is 1. The molecule has 1 fully saturated rings. The van der Waals surface area contributed by atoms with Crippen molar-refractivity contribution in [1.29, 1.82) is 5.41 Å². The number of benzene rings is 1. The van der Waals surface area contributed by atoms with Gasteiger partial charge in [0, 0.05) is 35.5 Å². The van der Waals surface area contributed by atoms with Gasteiger partial charge in [0.2, 0.25) is 5.54 Å². The average molecular weight is 640 g/mol. The van der Waals surface area contributed by atoms with Crippen LogP contribution in [0.15, 0.2) is 78.2 Å². The van der Waals surface area contributed by atoms with E-state index < -0.39 is 48.1 Å². The lowest BCUT2D eigenvalue weighted by Gasteiger charge is -2.33. The van der Waals surface area contributed by atoms with E-state index in [9.17, 15) is 14.3 Å². The highest BCUT2D eigenvalue weighted by Gasteiger charge is 2.63. The van der Waals surface area contributed by atoms with Crippen molar-refractivity contribution in [2.75, 3.05) is 27.3 Å². The lowest BCUT2D eigenvalue weighted by Crippen LogP contribution is -2.50. The second kappa shape index (κ2) is 11.4. The van der Waals surface area contributed by atoms with E-state index in [0.717, 1.165) is 35.4 Å². The molecule has 0 radical (unpaired) electrons. The van der Waals surface area contributed by atoms with Crippen LogP contribution < -0.4 is 15.4 Å². The molecule has 46 heavy (non-hydrogen) atoms. The number of nitrogens with one attached hydrogen (secondary N) is 3. The fourth-order valence-electron chi connectivity index (χ4n) is 5.78. The van der Waals surface area contributed by atoms with Gasteiger partial charge >= 0.3 is 6.18 Å². The van der Waals surface area contributed by atoms with Crippen molar-refractivity contribution in [1.82, 2.24) is 30.4 Å². The molecule has 2 aromatic heterocycles. The smallest absolute Gasteiger partial charge is 0.419 e. The number of allylic oxidation sites excluding steroid dienone is 2. The van der Waals surface area contributed by atoms with E-state index in [1.165, 1.54) is 37.6 Å². The second-order valence-corrected chi connectivity index (χ2v) is 11.2. The van der Waals surface area contributed by atoms with Crippen molar-refractivity contribution in [3.8, 4) is 17.0 Å². The van der Waals surface area contributed by atoms with E-state index in [1.807, 2.05) is 0 Å². The van der Waals surface area contributed by atoms with Gasteiger partial charge in [-0.2, -0.15) is 13.2 Å². The van der Waals surface area contributed by atoms with E-state index in [4.69, 9.17) is 14.9 Å². The Balaban J connectivity index is 1.45. The Labute approximate surface area is 260 Å². The molecular formula is C31H29F4N7O4. The number of carbonyl (C=O) groups is 1. The van der Waals surface area contributed by atoms with Crippen LogP contribution in [0.1, 0.15) is 24.1 Å². The number of aliphatic hydroxyl groups is 1. The zero-order valence-corrected chi connectivity index (χ0v) is 24.7. The molecule has 1 saturated carbocycles. The van der Waals surface area contributed by atoms with Crippen molar-refractivity contribution in [2.24, 2.45) is 5.92 Å². The first kappa shape index (κ1) is 31.0. The Kier molecular flexibility index (Phi) is 7.66. The highest BCUT2D eigenvalue weighted by molar-refractivity contribution is 6.15. The molecule has 1 amide bonds.